The maximum Gasteiger partial charge on any atom is 0.517 e. The van der Waals surface area contributed by atoms with Gasteiger partial charge in [0.05, 0.1) is 5.67 Å². The third-order valence-corrected chi connectivity index (χ3v) is 4.70. The molecule has 0 aromatic heterocycles. The Morgan fingerprint density at radius 3 is 1.64 bits per heavy atom. The Hall–Kier alpha value is -0.0631. The van der Waals surface area contributed by atoms with Crippen LogP contribution in [0.4, 0.5) is 0 Å². The Kier molecular flexibility index (Phi) is 5.12. The Labute approximate surface area is 85.0 Å². The van der Waals surface area contributed by atoms with Crippen LogP contribution in [0.25, 0.3) is 0 Å². The van der Waals surface area contributed by atoms with E-state index in [1.807, 2.05) is 0 Å². The number of hydrogen-bond acceptors (Lipinski definition) is 7. The molecule has 0 aliphatic carbocycles. The number of rotatable bonds is 6. The molecule has 1 atom stereocenters. The lowest BCUT2D eigenvalue weighted by atomic mass is 10.3. The summed E-state index contributed by atoms with van der Waals surface area (Å²) >= 11 is 0. The maximum absolute atomic E-state index is 5.82. The van der Waals surface area contributed by atoms with Gasteiger partial charge in [0.1, 0.15) is 5.79 Å². The van der Waals surface area contributed by atoms with Gasteiger partial charge >= 0.3 is 8.80 Å². The van der Waals surface area contributed by atoms with E-state index in [0.29, 0.717) is 0 Å². The van der Waals surface area contributed by atoms with Crippen molar-refractivity contribution in [1.29, 1.82) is 0 Å². The third-order valence-electron chi connectivity index (χ3n) is 1.88. The quantitative estimate of drug-likeness (QED) is 0.293. The van der Waals surface area contributed by atoms with E-state index >= 15 is 0 Å². The molecule has 0 radical (unpaired) electrons. The normalized spacial score (nSPS) is 15.6. The van der Waals surface area contributed by atoms with Crippen molar-refractivity contribution in [3.8, 4) is 0 Å². The van der Waals surface area contributed by atoms with Crippen LogP contribution < -0.4 is 22.9 Å². The van der Waals surface area contributed by atoms with Gasteiger partial charge in [0.25, 0.3) is 0 Å². The van der Waals surface area contributed by atoms with Crippen molar-refractivity contribution in [2.45, 2.75) is 17.9 Å². The summed E-state index contributed by atoms with van der Waals surface area (Å²) in [4.78, 5) is 0. The average Bonchev–Trinajstić information content (AvgIpc) is 2.05. The van der Waals surface area contributed by atoms with E-state index in [2.05, 4.69) is 0 Å². The van der Waals surface area contributed by atoms with Gasteiger partial charge in [-0.1, -0.05) is 0 Å². The van der Waals surface area contributed by atoms with E-state index in [0.717, 1.165) is 0 Å². The molecule has 0 heterocycles. The first-order valence-corrected chi connectivity index (χ1v) is 5.89. The molecule has 1 unspecified atom stereocenters. The predicted molar refractivity (Wildman–Crippen MR) is 54.7 cm³/mol. The monoisotopic (exact) mass is 224 g/mol. The lowest BCUT2D eigenvalue weighted by Gasteiger charge is -2.33. The molecular formula is C6H20N4O3Si. The van der Waals surface area contributed by atoms with Crippen molar-refractivity contribution < 1.29 is 13.3 Å². The smallest absolute Gasteiger partial charge is 0.376 e. The predicted octanol–water partition coefficient (Wildman–Crippen LogP) is -2.35. The van der Waals surface area contributed by atoms with Crippen LogP contribution >= 0.6 is 0 Å². The summed E-state index contributed by atoms with van der Waals surface area (Å²) in [6.45, 7) is 0. The highest BCUT2D eigenvalue weighted by Crippen LogP contribution is 2.14. The topological polar surface area (TPSA) is 132 Å². The molecule has 7 nitrogen and oxygen atoms in total. The standard InChI is InChI=1S/C6H20N4O3Si/c1-11-14(12-2,13-3)5(7)4-6(8,9)10/h5H,4,7-10H2,1-3H3. The second kappa shape index (κ2) is 5.14. The summed E-state index contributed by atoms with van der Waals surface area (Å²) in [5, 5.41) is 0. The minimum atomic E-state index is -2.89. The Morgan fingerprint density at radius 1 is 1.07 bits per heavy atom. The molecule has 8 heteroatoms. The first-order chi connectivity index (χ1) is 6.31. The van der Waals surface area contributed by atoms with Crippen LogP contribution in [0.1, 0.15) is 6.42 Å². The third kappa shape index (κ3) is 3.59. The summed E-state index contributed by atoms with van der Waals surface area (Å²) in [6, 6.07) is 0. The van der Waals surface area contributed by atoms with Crippen LogP contribution in [0, 0.1) is 0 Å². The molecular weight excluding hydrogens is 204 g/mol. The van der Waals surface area contributed by atoms with Crippen LogP contribution in [0.2, 0.25) is 0 Å². The Morgan fingerprint density at radius 2 is 1.43 bits per heavy atom. The first-order valence-electron chi connectivity index (χ1n) is 4.09. The fraction of sp³-hybridized carbons (Fsp3) is 1.00. The SMILES string of the molecule is CO[Si](OC)(OC)C(N)CC(N)(N)N. The van der Waals surface area contributed by atoms with Gasteiger partial charge in [0, 0.05) is 27.8 Å². The van der Waals surface area contributed by atoms with Crippen molar-refractivity contribution in [1.82, 2.24) is 0 Å². The zero-order chi connectivity index (χ0) is 11.4. The van der Waals surface area contributed by atoms with E-state index < -0.39 is 20.3 Å². The zero-order valence-electron chi connectivity index (χ0n) is 8.82. The van der Waals surface area contributed by atoms with Crippen molar-refractivity contribution in [3.05, 3.63) is 0 Å². The van der Waals surface area contributed by atoms with Crippen LogP contribution in [0.15, 0.2) is 0 Å². The lowest BCUT2D eigenvalue weighted by molar-refractivity contribution is 0.107. The number of hydrogen-bond donors (Lipinski definition) is 4. The second-order valence-corrected chi connectivity index (χ2v) is 6.31. The molecule has 14 heavy (non-hydrogen) atoms. The van der Waals surface area contributed by atoms with E-state index in [-0.39, 0.29) is 6.42 Å². The molecule has 0 fully saturated rings. The lowest BCUT2D eigenvalue weighted by Crippen LogP contribution is -2.67. The van der Waals surface area contributed by atoms with Crippen molar-refractivity contribution in [2.24, 2.45) is 22.9 Å². The highest BCUT2D eigenvalue weighted by atomic mass is 28.4. The molecule has 0 saturated heterocycles. The Bertz CT molecular complexity index is 163. The molecule has 8 N–H and O–H groups in total. The van der Waals surface area contributed by atoms with E-state index in [4.69, 9.17) is 36.2 Å². The molecule has 86 valence electrons. The van der Waals surface area contributed by atoms with Crippen LogP contribution in [0.3, 0.4) is 0 Å². The van der Waals surface area contributed by atoms with E-state index in [1.165, 1.54) is 21.3 Å². The largest absolute Gasteiger partial charge is 0.517 e. The van der Waals surface area contributed by atoms with E-state index in [9.17, 15) is 0 Å². The zero-order valence-corrected chi connectivity index (χ0v) is 9.82. The molecule has 0 rings (SSSR count). The molecule has 0 spiro atoms. The van der Waals surface area contributed by atoms with Gasteiger partial charge in [-0.3, -0.25) is 0 Å². The summed E-state index contributed by atoms with van der Waals surface area (Å²) in [5.41, 5.74) is 21.5. The molecule has 0 aromatic rings. The second-order valence-electron chi connectivity index (χ2n) is 3.14. The molecule has 0 saturated carbocycles. The van der Waals surface area contributed by atoms with Gasteiger partial charge in [-0.25, -0.2) is 0 Å². The minimum absolute atomic E-state index is 0.148. The molecule has 0 aromatic carbocycles. The van der Waals surface area contributed by atoms with Crippen LogP contribution in [-0.2, 0) is 13.3 Å². The summed E-state index contributed by atoms with van der Waals surface area (Å²) in [5.74, 6) is -1.35. The van der Waals surface area contributed by atoms with Gasteiger partial charge < -0.3 is 36.2 Å². The van der Waals surface area contributed by atoms with Gasteiger partial charge in [0.2, 0.25) is 0 Å². The van der Waals surface area contributed by atoms with Crippen LogP contribution in [-0.4, -0.2) is 41.6 Å². The highest BCUT2D eigenvalue weighted by molar-refractivity contribution is 6.62. The maximum atomic E-state index is 5.82. The van der Waals surface area contributed by atoms with Crippen molar-refractivity contribution >= 4 is 8.80 Å². The number of nitrogens with two attached hydrogens (primary N) is 4. The first kappa shape index (κ1) is 13.9. The summed E-state index contributed by atoms with van der Waals surface area (Å²) in [6.07, 6.45) is 0.148. The van der Waals surface area contributed by atoms with Gasteiger partial charge in [-0.2, -0.15) is 0 Å². The van der Waals surface area contributed by atoms with Crippen molar-refractivity contribution in [2.75, 3.05) is 21.3 Å². The van der Waals surface area contributed by atoms with Gasteiger partial charge in [0.15, 0.2) is 0 Å². The van der Waals surface area contributed by atoms with E-state index in [1.54, 1.807) is 0 Å². The fourth-order valence-corrected chi connectivity index (χ4v) is 3.22. The summed E-state index contributed by atoms with van der Waals surface area (Å²) in [7, 11) is 1.50. The average molecular weight is 224 g/mol. The molecule has 0 amide bonds. The molecule has 0 aliphatic rings. The Balaban J connectivity index is 4.52. The molecule has 0 bridgehead atoms. The molecule has 0 aliphatic heterocycles. The van der Waals surface area contributed by atoms with Gasteiger partial charge in [-0.15, -0.1) is 0 Å². The van der Waals surface area contributed by atoms with Crippen molar-refractivity contribution in [3.63, 3.8) is 0 Å². The minimum Gasteiger partial charge on any atom is -0.376 e. The van der Waals surface area contributed by atoms with Crippen LogP contribution in [0.5, 0.6) is 0 Å². The summed E-state index contributed by atoms with van der Waals surface area (Å²) < 4.78 is 15.4. The highest BCUT2D eigenvalue weighted by Gasteiger charge is 2.47. The fourth-order valence-electron chi connectivity index (χ4n) is 1.21. The van der Waals surface area contributed by atoms with Gasteiger partial charge in [-0.05, 0) is 0 Å².